The van der Waals surface area contributed by atoms with E-state index in [9.17, 15) is 0 Å². The number of hydrogen-bond acceptors (Lipinski definition) is 5. The van der Waals surface area contributed by atoms with Crippen LogP contribution < -0.4 is 9.47 Å². The van der Waals surface area contributed by atoms with Crippen molar-refractivity contribution in [1.82, 2.24) is 14.9 Å². The van der Waals surface area contributed by atoms with Crippen LogP contribution >= 0.6 is 12.2 Å². The predicted molar refractivity (Wildman–Crippen MR) is 110 cm³/mol. The van der Waals surface area contributed by atoms with Crippen LogP contribution in [-0.4, -0.2) is 35.3 Å². The maximum absolute atomic E-state index is 5.49. The summed E-state index contributed by atoms with van der Waals surface area (Å²) in [6.07, 6.45) is 1.81. The van der Waals surface area contributed by atoms with E-state index < -0.39 is 0 Å². The molecule has 0 aliphatic heterocycles. The lowest BCUT2D eigenvalue weighted by atomic mass is 10.0. The van der Waals surface area contributed by atoms with Crippen molar-refractivity contribution in [3.8, 4) is 22.9 Å². The normalized spacial score (nSPS) is 11.1. The molecule has 0 bridgehead atoms. The number of ether oxygens (including phenoxy) is 2. The molecule has 27 heavy (non-hydrogen) atoms. The molecule has 0 aliphatic carbocycles. The highest BCUT2D eigenvalue weighted by atomic mass is 32.1. The van der Waals surface area contributed by atoms with Gasteiger partial charge in [0.25, 0.3) is 0 Å². The molecule has 3 rings (SSSR count). The maximum Gasteiger partial charge on any atom is 0.216 e. The molecule has 0 saturated carbocycles. The third-order valence-corrected chi connectivity index (χ3v) is 4.60. The summed E-state index contributed by atoms with van der Waals surface area (Å²) >= 11 is 5.37. The van der Waals surface area contributed by atoms with Gasteiger partial charge in [0.15, 0.2) is 5.82 Å². The van der Waals surface area contributed by atoms with Gasteiger partial charge in [-0.2, -0.15) is 14.9 Å². The van der Waals surface area contributed by atoms with Gasteiger partial charge in [-0.1, -0.05) is 17.7 Å². The summed E-state index contributed by atoms with van der Waals surface area (Å²) in [5, 5.41) is 11.7. The molecule has 0 radical (unpaired) electrons. The highest BCUT2D eigenvalue weighted by Gasteiger charge is 2.14. The summed E-state index contributed by atoms with van der Waals surface area (Å²) in [5.74, 6) is 1.89. The zero-order chi connectivity index (χ0) is 19.6. The van der Waals surface area contributed by atoms with E-state index in [1.165, 1.54) is 5.56 Å². The van der Waals surface area contributed by atoms with Gasteiger partial charge in [-0.05, 0) is 56.2 Å². The molecule has 0 aliphatic rings. The molecule has 2 aromatic carbocycles. The first-order chi connectivity index (χ1) is 12.9. The van der Waals surface area contributed by atoms with Crippen molar-refractivity contribution in [2.45, 2.75) is 20.8 Å². The van der Waals surface area contributed by atoms with Crippen LogP contribution in [0.15, 0.2) is 35.4 Å². The van der Waals surface area contributed by atoms with Crippen molar-refractivity contribution in [2.24, 2.45) is 5.10 Å². The van der Waals surface area contributed by atoms with Crippen LogP contribution in [0.3, 0.4) is 0 Å². The van der Waals surface area contributed by atoms with Crippen molar-refractivity contribution in [3.05, 3.63) is 57.4 Å². The number of benzene rings is 2. The summed E-state index contributed by atoms with van der Waals surface area (Å²) in [6.45, 7) is 6.23. The molecule has 7 heteroatoms. The lowest BCUT2D eigenvalue weighted by molar-refractivity contribution is 0.395. The van der Waals surface area contributed by atoms with Crippen LogP contribution in [0.25, 0.3) is 11.4 Å². The number of nitrogens with one attached hydrogen (secondary N) is 1. The fourth-order valence-corrected chi connectivity index (χ4v) is 3.25. The van der Waals surface area contributed by atoms with E-state index in [2.05, 4.69) is 48.2 Å². The van der Waals surface area contributed by atoms with E-state index in [1.807, 2.05) is 18.3 Å². The Bertz CT molecular complexity index is 1040. The minimum atomic E-state index is 0.404. The van der Waals surface area contributed by atoms with E-state index >= 15 is 0 Å². The van der Waals surface area contributed by atoms with Gasteiger partial charge in [0, 0.05) is 11.6 Å². The first kappa shape index (κ1) is 18.8. The van der Waals surface area contributed by atoms with Crippen molar-refractivity contribution >= 4 is 18.4 Å². The fraction of sp³-hybridized carbons (Fsp3) is 0.250. The van der Waals surface area contributed by atoms with E-state index in [-0.39, 0.29) is 0 Å². The average Bonchev–Trinajstić information content (AvgIpc) is 3.00. The zero-order valence-corrected chi connectivity index (χ0v) is 16.8. The second-order valence-electron chi connectivity index (χ2n) is 6.29. The molecular weight excluding hydrogens is 360 g/mol. The number of H-pyrrole nitrogens is 1. The van der Waals surface area contributed by atoms with E-state index in [0.29, 0.717) is 22.1 Å². The van der Waals surface area contributed by atoms with Crippen molar-refractivity contribution in [2.75, 3.05) is 14.2 Å². The highest BCUT2D eigenvalue weighted by Crippen LogP contribution is 2.32. The van der Waals surface area contributed by atoms with Gasteiger partial charge in [-0.15, -0.1) is 0 Å². The second kappa shape index (κ2) is 7.75. The number of aromatic nitrogens is 3. The largest absolute Gasteiger partial charge is 0.497 e. The summed E-state index contributed by atoms with van der Waals surface area (Å²) < 4.78 is 12.7. The topological polar surface area (TPSA) is 64.4 Å². The quantitative estimate of drug-likeness (QED) is 0.524. The molecule has 140 valence electrons. The first-order valence-electron chi connectivity index (χ1n) is 8.46. The minimum absolute atomic E-state index is 0.404. The smallest absolute Gasteiger partial charge is 0.216 e. The molecule has 0 amide bonds. The van der Waals surface area contributed by atoms with Gasteiger partial charge >= 0.3 is 0 Å². The third kappa shape index (κ3) is 3.78. The number of nitrogens with zero attached hydrogens (tertiary/aromatic N) is 3. The van der Waals surface area contributed by atoms with Crippen LogP contribution in [0.1, 0.15) is 22.3 Å². The van der Waals surface area contributed by atoms with E-state index in [1.54, 1.807) is 25.0 Å². The first-order valence-corrected chi connectivity index (χ1v) is 8.87. The Morgan fingerprint density at radius 3 is 2.41 bits per heavy atom. The molecule has 6 nitrogen and oxygen atoms in total. The van der Waals surface area contributed by atoms with Crippen LogP contribution in [0.4, 0.5) is 0 Å². The van der Waals surface area contributed by atoms with E-state index in [0.717, 1.165) is 22.3 Å². The van der Waals surface area contributed by atoms with Crippen LogP contribution in [0.2, 0.25) is 0 Å². The highest BCUT2D eigenvalue weighted by molar-refractivity contribution is 7.71. The third-order valence-electron chi connectivity index (χ3n) is 4.34. The molecule has 1 heterocycles. The lowest BCUT2D eigenvalue weighted by Crippen LogP contribution is -1.99. The molecule has 0 spiro atoms. The van der Waals surface area contributed by atoms with Gasteiger partial charge in [0.05, 0.1) is 26.0 Å². The zero-order valence-electron chi connectivity index (χ0n) is 16.0. The second-order valence-corrected chi connectivity index (χ2v) is 6.67. The van der Waals surface area contributed by atoms with Crippen LogP contribution in [-0.2, 0) is 0 Å². The van der Waals surface area contributed by atoms with Crippen molar-refractivity contribution < 1.29 is 9.47 Å². The van der Waals surface area contributed by atoms with Gasteiger partial charge in [0.2, 0.25) is 4.77 Å². The average molecular weight is 382 g/mol. The minimum Gasteiger partial charge on any atom is -0.497 e. The molecular formula is C20H22N4O2S. The Labute approximate surface area is 163 Å². The van der Waals surface area contributed by atoms with E-state index in [4.69, 9.17) is 21.7 Å². The van der Waals surface area contributed by atoms with Crippen LogP contribution in [0, 0.1) is 25.5 Å². The number of aryl methyl sites for hydroxylation is 3. The summed E-state index contributed by atoms with van der Waals surface area (Å²) in [6, 6.07) is 9.79. The molecule has 1 aromatic heterocycles. The molecule has 0 fully saturated rings. The van der Waals surface area contributed by atoms with Crippen LogP contribution in [0.5, 0.6) is 11.5 Å². The SMILES string of the molecule is COc1ccc(-c2n[nH]c(=S)n2/N=C\c2c(C)cc(C)cc2C)c(OC)c1. The van der Waals surface area contributed by atoms with Crippen molar-refractivity contribution in [3.63, 3.8) is 0 Å². The van der Waals surface area contributed by atoms with Crippen molar-refractivity contribution in [1.29, 1.82) is 0 Å². The number of rotatable bonds is 5. The molecule has 0 unspecified atom stereocenters. The molecule has 1 N–H and O–H groups in total. The van der Waals surface area contributed by atoms with Gasteiger partial charge in [-0.3, -0.25) is 0 Å². The summed E-state index contributed by atoms with van der Waals surface area (Å²) in [7, 11) is 3.22. The summed E-state index contributed by atoms with van der Waals surface area (Å²) in [4.78, 5) is 0. The maximum atomic E-state index is 5.49. The predicted octanol–water partition coefficient (Wildman–Crippen LogP) is 4.43. The fourth-order valence-electron chi connectivity index (χ4n) is 3.07. The number of hydrogen-bond donors (Lipinski definition) is 1. The Balaban J connectivity index is 2.08. The lowest BCUT2D eigenvalue weighted by Gasteiger charge is -2.10. The molecule has 0 atom stereocenters. The Kier molecular flexibility index (Phi) is 5.41. The van der Waals surface area contributed by atoms with Gasteiger partial charge < -0.3 is 9.47 Å². The standard InChI is InChI=1S/C20H22N4O2S/c1-12-8-13(2)17(14(3)9-12)11-21-24-19(22-23-20(24)27)16-7-6-15(25-4)10-18(16)26-5/h6-11H,1-5H3,(H,23,27)/b21-11-. The van der Waals surface area contributed by atoms with Gasteiger partial charge in [0.1, 0.15) is 11.5 Å². The monoisotopic (exact) mass is 382 g/mol. The Morgan fingerprint density at radius 1 is 1.07 bits per heavy atom. The Hall–Kier alpha value is -2.93. The summed E-state index contributed by atoms with van der Waals surface area (Å²) in [5.41, 5.74) is 5.38. The molecule has 3 aromatic rings. The Morgan fingerprint density at radius 2 is 1.78 bits per heavy atom. The number of methoxy groups -OCH3 is 2. The molecule has 0 saturated heterocycles. The number of aromatic amines is 1. The van der Waals surface area contributed by atoms with Gasteiger partial charge in [-0.25, -0.2) is 5.10 Å².